The van der Waals surface area contributed by atoms with Crippen LogP contribution in [0.2, 0.25) is 0 Å². The van der Waals surface area contributed by atoms with Crippen LogP contribution in [0, 0.1) is 17.2 Å². The number of rotatable bonds is 1. The van der Waals surface area contributed by atoms with Gasteiger partial charge in [-0.15, -0.1) is 0 Å². The average molecular weight is 397 g/mol. The Kier molecular flexibility index (Phi) is 3.80. The SMILES string of the molecule is C[C@H]1CC(=O)C2=C(C1)N(c1cccnc1)C(N)=C(C#N)[C@]21C(=O)Nc2ccccc21. The minimum Gasteiger partial charge on any atom is -0.384 e. The summed E-state index contributed by atoms with van der Waals surface area (Å²) in [6.45, 7) is 2.00. The van der Waals surface area contributed by atoms with Gasteiger partial charge in [-0.1, -0.05) is 25.1 Å². The number of nitrogens with two attached hydrogens (primary N) is 1. The number of hydrogen-bond donors (Lipinski definition) is 2. The van der Waals surface area contributed by atoms with Gasteiger partial charge in [0.05, 0.1) is 17.5 Å². The van der Waals surface area contributed by atoms with Crippen molar-refractivity contribution in [2.24, 2.45) is 11.7 Å². The lowest BCUT2D eigenvalue weighted by Crippen LogP contribution is -2.51. The third-order valence-electron chi connectivity index (χ3n) is 6.10. The zero-order valence-electron chi connectivity index (χ0n) is 16.3. The molecular formula is C23H19N5O2. The quantitative estimate of drug-likeness (QED) is 0.765. The summed E-state index contributed by atoms with van der Waals surface area (Å²) in [5.74, 6) is -0.309. The van der Waals surface area contributed by atoms with Crippen molar-refractivity contribution in [3.8, 4) is 6.07 Å². The lowest BCUT2D eigenvalue weighted by molar-refractivity contribution is -0.123. The van der Waals surface area contributed by atoms with Crippen molar-refractivity contribution in [1.82, 2.24) is 4.98 Å². The molecule has 1 aromatic heterocycles. The van der Waals surface area contributed by atoms with E-state index < -0.39 is 11.3 Å². The van der Waals surface area contributed by atoms with Gasteiger partial charge in [0.1, 0.15) is 17.3 Å². The van der Waals surface area contributed by atoms with Gasteiger partial charge in [0.25, 0.3) is 0 Å². The molecule has 3 heterocycles. The van der Waals surface area contributed by atoms with E-state index in [9.17, 15) is 14.9 Å². The maximum atomic E-state index is 13.5. The Morgan fingerprint density at radius 2 is 2.03 bits per heavy atom. The molecule has 2 atom stereocenters. The van der Waals surface area contributed by atoms with Gasteiger partial charge < -0.3 is 11.1 Å². The molecule has 30 heavy (non-hydrogen) atoms. The maximum Gasteiger partial charge on any atom is 0.245 e. The molecule has 0 saturated carbocycles. The number of nitriles is 1. The van der Waals surface area contributed by atoms with Crippen LogP contribution in [0.1, 0.15) is 25.3 Å². The van der Waals surface area contributed by atoms with Crippen molar-refractivity contribution < 1.29 is 9.59 Å². The largest absolute Gasteiger partial charge is 0.384 e. The molecule has 0 bridgehead atoms. The number of nitrogens with zero attached hydrogens (tertiary/aromatic N) is 3. The number of ketones is 1. The molecule has 5 rings (SSSR count). The van der Waals surface area contributed by atoms with Gasteiger partial charge in [0, 0.05) is 35.1 Å². The number of carbonyl (C=O) groups excluding carboxylic acids is 2. The molecular weight excluding hydrogens is 378 g/mol. The fraction of sp³-hybridized carbons (Fsp3) is 0.217. The van der Waals surface area contributed by atoms with Gasteiger partial charge in [-0.3, -0.25) is 19.5 Å². The molecule has 0 unspecified atom stereocenters. The van der Waals surface area contributed by atoms with Crippen molar-refractivity contribution in [3.05, 3.63) is 77.0 Å². The summed E-state index contributed by atoms with van der Waals surface area (Å²) in [5.41, 5.74) is 7.95. The van der Waals surface area contributed by atoms with Crippen LogP contribution in [0.25, 0.3) is 0 Å². The van der Waals surface area contributed by atoms with E-state index in [1.807, 2.05) is 19.1 Å². The lowest BCUT2D eigenvalue weighted by Gasteiger charge is -2.44. The van der Waals surface area contributed by atoms with Crippen LogP contribution in [0.5, 0.6) is 0 Å². The Morgan fingerprint density at radius 3 is 2.77 bits per heavy atom. The normalized spacial score (nSPS) is 25.2. The summed E-state index contributed by atoms with van der Waals surface area (Å²) >= 11 is 0. The highest BCUT2D eigenvalue weighted by molar-refractivity contribution is 6.19. The molecule has 1 aromatic carbocycles. The highest BCUT2D eigenvalue weighted by Crippen LogP contribution is 2.55. The third kappa shape index (κ3) is 2.16. The minimum atomic E-state index is -1.53. The highest BCUT2D eigenvalue weighted by Gasteiger charge is 2.60. The van der Waals surface area contributed by atoms with Gasteiger partial charge in [-0.05, 0) is 30.5 Å². The van der Waals surface area contributed by atoms with E-state index in [4.69, 9.17) is 5.73 Å². The molecule has 2 aliphatic heterocycles. The summed E-state index contributed by atoms with van der Waals surface area (Å²) < 4.78 is 0. The van der Waals surface area contributed by atoms with Gasteiger partial charge in [0.15, 0.2) is 5.78 Å². The van der Waals surface area contributed by atoms with Crippen LogP contribution in [-0.4, -0.2) is 16.7 Å². The summed E-state index contributed by atoms with van der Waals surface area (Å²) in [6.07, 6.45) is 4.16. The second kappa shape index (κ2) is 6.29. The molecule has 7 nitrogen and oxygen atoms in total. The molecule has 148 valence electrons. The summed E-state index contributed by atoms with van der Waals surface area (Å²) in [6, 6.07) is 12.9. The molecule has 1 spiro atoms. The molecule has 0 fully saturated rings. The van der Waals surface area contributed by atoms with Gasteiger partial charge in [-0.25, -0.2) is 0 Å². The number of fused-ring (bicyclic) bond motifs is 3. The van der Waals surface area contributed by atoms with Crippen molar-refractivity contribution in [2.45, 2.75) is 25.2 Å². The number of amides is 1. The first kappa shape index (κ1) is 18.1. The van der Waals surface area contributed by atoms with Crippen LogP contribution in [0.4, 0.5) is 11.4 Å². The number of benzene rings is 1. The van der Waals surface area contributed by atoms with E-state index in [1.165, 1.54) is 0 Å². The number of allylic oxidation sites excluding steroid dienone is 1. The predicted molar refractivity (Wildman–Crippen MR) is 111 cm³/mol. The summed E-state index contributed by atoms with van der Waals surface area (Å²) in [4.78, 5) is 32.8. The van der Waals surface area contributed by atoms with E-state index in [1.54, 1.807) is 41.6 Å². The fourth-order valence-electron chi connectivity index (χ4n) is 4.96. The average Bonchev–Trinajstić information content (AvgIpc) is 3.01. The number of para-hydroxylation sites is 1. The number of nitrogens with one attached hydrogen (secondary N) is 1. The predicted octanol–water partition coefficient (Wildman–Crippen LogP) is 2.74. The third-order valence-corrected chi connectivity index (χ3v) is 6.10. The number of hydrogen-bond acceptors (Lipinski definition) is 6. The Balaban J connectivity index is 1.90. The minimum absolute atomic E-state index is 0.0652. The van der Waals surface area contributed by atoms with Gasteiger partial charge in [-0.2, -0.15) is 5.26 Å². The van der Waals surface area contributed by atoms with E-state index >= 15 is 0 Å². The Hall–Kier alpha value is -3.92. The molecule has 1 aliphatic carbocycles. The van der Waals surface area contributed by atoms with E-state index in [2.05, 4.69) is 16.4 Å². The number of Topliss-reactive ketones (excluding diaryl/α,β-unsaturated/α-hetero) is 1. The first-order valence-corrected chi connectivity index (χ1v) is 9.78. The number of carbonyl (C=O) groups is 2. The number of aromatic nitrogens is 1. The highest BCUT2D eigenvalue weighted by atomic mass is 16.2. The zero-order valence-corrected chi connectivity index (χ0v) is 16.3. The number of pyridine rings is 1. The summed E-state index contributed by atoms with van der Waals surface area (Å²) in [7, 11) is 0. The molecule has 7 heteroatoms. The van der Waals surface area contributed by atoms with Crippen molar-refractivity contribution in [3.63, 3.8) is 0 Å². The van der Waals surface area contributed by atoms with Crippen molar-refractivity contribution in [1.29, 1.82) is 5.26 Å². The van der Waals surface area contributed by atoms with Crippen LogP contribution in [-0.2, 0) is 15.0 Å². The Labute approximate surface area is 173 Å². The van der Waals surface area contributed by atoms with E-state index in [-0.39, 0.29) is 23.1 Å². The topological polar surface area (TPSA) is 112 Å². The molecule has 2 aromatic rings. The molecule has 3 N–H and O–H groups in total. The Bertz CT molecular complexity index is 1210. The number of anilines is 2. The fourth-order valence-corrected chi connectivity index (χ4v) is 4.96. The van der Waals surface area contributed by atoms with Gasteiger partial charge in [0.2, 0.25) is 5.91 Å². The summed E-state index contributed by atoms with van der Waals surface area (Å²) in [5, 5.41) is 13.0. The molecule has 0 radical (unpaired) electrons. The van der Waals surface area contributed by atoms with E-state index in [0.29, 0.717) is 41.1 Å². The molecule has 0 saturated heterocycles. The zero-order chi connectivity index (χ0) is 21.0. The van der Waals surface area contributed by atoms with Crippen LogP contribution < -0.4 is 16.0 Å². The van der Waals surface area contributed by atoms with Gasteiger partial charge >= 0.3 is 0 Å². The monoisotopic (exact) mass is 397 g/mol. The second-order valence-corrected chi connectivity index (χ2v) is 7.93. The lowest BCUT2D eigenvalue weighted by atomic mass is 9.63. The molecule has 3 aliphatic rings. The maximum absolute atomic E-state index is 13.5. The van der Waals surface area contributed by atoms with Crippen molar-refractivity contribution >= 4 is 23.1 Å². The van der Waals surface area contributed by atoms with Crippen LogP contribution in [0.15, 0.2) is 71.5 Å². The first-order chi connectivity index (χ1) is 14.5. The molecule has 1 amide bonds. The smallest absolute Gasteiger partial charge is 0.245 e. The second-order valence-electron chi connectivity index (χ2n) is 7.93. The standard InChI is InChI=1S/C23H19N5O2/c1-13-9-18-20(19(29)10-13)23(15-6-2-3-7-17(15)27-22(23)30)16(11-24)21(25)28(18)14-5-4-8-26-12-14/h2-8,12-13H,9-10,25H2,1H3,(H,27,30)/t13-,23+/m1/s1. The van der Waals surface area contributed by atoms with Crippen LogP contribution in [0.3, 0.4) is 0 Å². The first-order valence-electron chi connectivity index (χ1n) is 9.78. The Morgan fingerprint density at radius 1 is 1.23 bits per heavy atom. The van der Waals surface area contributed by atoms with E-state index in [0.717, 1.165) is 0 Å². The van der Waals surface area contributed by atoms with Crippen molar-refractivity contribution in [2.75, 3.05) is 10.2 Å². The van der Waals surface area contributed by atoms with Crippen LogP contribution >= 0.6 is 0 Å².